The third kappa shape index (κ3) is 19.0. The molecule has 4 aromatic carbocycles. The van der Waals surface area contributed by atoms with Crippen LogP contribution >= 0.6 is 0 Å². The van der Waals surface area contributed by atoms with Crippen LogP contribution in [0.2, 0.25) is 0 Å². The molecule has 476 valence electrons. The fourth-order valence-electron chi connectivity index (χ4n) is 13.8. The standard InChI is InChI=1S/C74H108O12/c1-65(2,3)39-69(13,14)53-29-45-25-49-33-55(71(17,18)41-67(7,8)9)35-51(61(49)85-43-73(21,22)63(79)80)27-47-31-54(70(15,16)40-66(4,5)6)32-48(60(47)84-38-58(77)78)28-52-36-56(72(19,20)42-68(10,11)12)34-50(62(52)86-44-74(23,24)64(81)82)26-46(30-53)59(45)83-37-57(75)76/h29-36H,25-28,37-44H2,1-24H3,(H,75,76)(H,77,78)(H,79,80)(H,81,82). The maximum atomic E-state index is 13.0. The Bertz CT molecular complexity index is 2840. The van der Waals surface area contributed by atoms with Crippen molar-refractivity contribution in [3.05, 3.63) is 115 Å². The van der Waals surface area contributed by atoms with Crippen molar-refractivity contribution in [1.82, 2.24) is 0 Å². The molecule has 4 N–H and O–H groups in total. The minimum atomic E-state index is -1.33. The maximum absolute atomic E-state index is 13.0. The zero-order chi connectivity index (χ0) is 65.5. The normalized spacial score (nSPS) is 14.1. The molecule has 0 aromatic heterocycles. The third-order valence-corrected chi connectivity index (χ3v) is 16.5. The quantitative estimate of drug-likeness (QED) is 0.0515. The molecule has 0 spiro atoms. The average molecular weight is 1190 g/mol. The molecular formula is C74H108O12. The Labute approximate surface area is 516 Å². The molecule has 0 radical (unpaired) electrons. The van der Waals surface area contributed by atoms with Gasteiger partial charge in [0.05, 0.1) is 10.8 Å². The van der Waals surface area contributed by atoms with Crippen LogP contribution in [0.15, 0.2) is 48.5 Å². The van der Waals surface area contributed by atoms with E-state index >= 15 is 0 Å². The van der Waals surface area contributed by atoms with Crippen molar-refractivity contribution in [2.24, 2.45) is 32.5 Å². The van der Waals surface area contributed by atoms with E-state index in [0.717, 1.165) is 70.2 Å². The Hall–Kier alpha value is -6.04. The Balaban J connectivity index is 2.21. The molecule has 1 aliphatic rings. The van der Waals surface area contributed by atoms with E-state index in [1.807, 2.05) is 0 Å². The molecule has 12 heteroatoms. The van der Waals surface area contributed by atoms with E-state index in [1.165, 1.54) is 0 Å². The summed E-state index contributed by atoms with van der Waals surface area (Å²) in [6, 6.07) is 17.2. The Morgan fingerprint density at radius 2 is 0.488 bits per heavy atom. The van der Waals surface area contributed by atoms with Gasteiger partial charge in [-0.2, -0.15) is 0 Å². The molecule has 0 heterocycles. The molecule has 0 aliphatic heterocycles. The van der Waals surface area contributed by atoms with Gasteiger partial charge in [0.25, 0.3) is 0 Å². The van der Waals surface area contributed by atoms with Gasteiger partial charge in [0.15, 0.2) is 13.2 Å². The first-order valence-electron chi connectivity index (χ1n) is 30.9. The summed E-state index contributed by atoms with van der Waals surface area (Å²) < 4.78 is 27.4. The minimum absolute atomic E-state index is 0.110. The fourth-order valence-corrected chi connectivity index (χ4v) is 13.8. The number of fused-ring (bicyclic) bond motifs is 8. The van der Waals surface area contributed by atoms with Crippen LogP contribution < -0.4 is 18.9 Å². The summed E-state index contributed by atoms with van der Waals surface area (Å²) in [6.45, 7) is 49.3. The van der Waals surface area contributed by atoms with Crippen LogP contribution in [-0.2, 0) is 66.5 Å². The van der Waals surface area contributed by atoms with Gasteiger partial charge in [-0.25, -0.2) is 9.59 Å². The minimum Gasteiger partial charge on any atom is -0.492 e. The number of rotatable bonds is 22. The van der Waals surface area contributed by atoms with Crippen LogP contribution in [0.1, 0.15) is 259 Å². The third-order valence-electron chi connectivity index (χ3n) is 16.5. The van der Waals surface area contributed by atoms with Crippen LogP contribution in [0.25, 0.3) is 0 Å². The van der Waals surface area contributed by atoms with Crippen molar-refractivity contribution >= 4 is 23.9 Å². The van der Waals surface area contributed by atoms with Crippen molar-refractivity contribution in [3.63, 3.8) is 0 Å². The highest BCUT2D eigenvalue weighted by molar-refractivity contribution is 5.74. The van der Waals surface area contributed by atoms with E-state index in [9.17, 15) is 39.6 Å². The van der Waals surface area contributed by atoms with Gasteiger partial charge in [-0.3, -0.25) is 9.59 Å². The smallest absolute Gasteiger partial charge is 0.341 e. The van der Waals surface area contributed by atoms with Gasteiger partial charge in [0.2, 0.25) is 0 Å². The van der Waals surface area contributed by atoms with Gasteiger partial charge in [-0.15, -0.1) is 0 Å². The number of ether oxygens (including phenoxy) is 4. The second kappa shape index (κ2) is 25.2. The lowest BCUT2D eigenvalue weighted by Gasteiger charge is -2.36. The molecule has 0 amide bonds. The van der Waals surface area contributed by atoms with Crippen LogP contribution in [-0.4, -0.2) is 70.7 Å². The molecule has 0 atom stereocenters. The summed E-state index contributed by atoms with van der Waals surface area (Å²) in [6.07, 6.45) is 3.81. The number of hydrogen-bond acceptors (Lipinski definition) is 8. The first kappa shape index (κ1) is 70.7. The second-order valence-electron chi connectivity index (χ2n) is 34.0. The number of carboxylic acids is 4. The van der Waals surface area contributed by atoms with Gasteiger partial charge in [0.1, 0.15) is 36.2 Å². The summed E-state index contributed by atoms with van der Waals surface area (Å²) in [5, 5.41) is 42.3. The molecule has 1 aliphatic carbocycles. The maximum Gasteiger partial charge on any atom is 0.341 e. The summed E-state index contributed by atoms with van der Waals surface area (Å²) in [7, 11) is 0. The van der Waals surface area contributed by atoms with E-state index in [1.54, 1.807) is 27.7 Å². The largest absolute Gasteiger partial charge is 0.492 e. The predicted octanol–water partition coefficient (Wildman–Crippen LogP) is 17.1. The number of carbonyl (C=O) groups is 4. The first-order chi connectivity index (χ1) is 38.8. The van der Waals surface area contributed by atoms with Gasteiger partial charge in [-0.1, -0.05) is 187 Å². The van der Waals surface area contributed by atoms with Crippen molar-refractivity contribution in [2.45, 2.75) is 239 Å². The number of hydrogen-bond donors (Lipinski definition) is 4. The zero-order valence-electron chi connectivity index (χ0n) is 57.2. The fraction of sp³-hybridized carbons (Fsp3) is 0.622. The molecule has 0 fully saturated rings. The average Bonchev–Trinajstić information content (AvgIpc) is 1.05. The molecule has 0 unspecified atom stereocenters. The Morgan fingerprint density at radius 1 is 0.314 bits per heavy atom. The monoisotopic (exact) mass is 1190 g/mol. The van der Waals surface area contributed by atoms with E-state index < -0.39 is 69.6 Å². The number of benzene rings is 4. The summed E-state index contributed by atoms with van der Waals surface area (Å²) in [5.74, 6) is -2.70. The van der Waals surface area contributed by atoms with E-state index in [4.69, 9.17) is 18.9 Å². The SMILES string of the molecule is CC(C)(C)CC(C)(C)c1cc2c(OCC(=O)O)c(c1)Cc1cc(C(C)(C)CC(C)(C)C)cc(c1OCC(C)(C)C(=O)O)Cc1cc(C(C)(C)CC(C)(C)C)cc(c1OCC(=O)O)Cc1cc(C(C)(C)CC(C)(C)C)cc(c1OCC(C)(C)C(=O)O)C2. The van der Waals surface area contributed by atoms with E-state index in [0.29, 0.717) is 45.3 Å². The van der Waals surface area contributed by atoms with Crippen molar-refractivity contribution in [3.8, 4) is 23.0 Å². The highest BCUT2D eigenvalue weighted by atomic mass is 16.5. The number of aliphatic carboxylic acids is 4. The lowest BCUT2D eigenvalue weighted by Crippen LogP contribution is -2.31. The molecule has 0 saturated carbocycles. The molecule has 4 aromatic rings. The summed E-state index contributed by atoms with van der Waals surface area (Å²) >= 11 is 0. The second-order valence-corrected chi connectivity index (χ2v) is 34.0. The lowest BCUT2D eigenvalue weighted by atomic mass is 9.70. The highest BCUT2D eigenvalue weighted by Gasteiger charge is 2.38. The van der Waals surface area contributed by atoms with Gasteiger partial charge in [-0.05, 0) is 163 Å². The topological polar surface area (TPSA) is 186 Å². The van der Waals surface area contributed by atoms with Crippen LogP contribution in [0.4, 0.5) is 0 Å². The summed E-state index contributed by atoms with van der Waals surface area (Å²) in [4.78, 5) is 51.7. The van der Waals surface area contributed by atoms with Gasteiger partial charge >= 0.3 is 23.9 Å². The van der Waals surface area contributed by atoms with Crippen LogP contribution in [0.5, 0.6) is 23.0 Å². The Kier molecular flexibility index (Phi) is 20.7. The van der Waals surface area contributed by atoms with Crippen molar-refractivity contribution in [1.29, 1.82) is 0 Å². The molecule has 0 saturated heterocycles. The lowest BCUT2D eigenvalue weighted by molar-refractivity contribution is -0.149. The predicted molar refractivity (Wildman–Crippen MR) is 345 cm³/mol. The molecular weight excluding hydrogens is 1080 g/mol. The molecule has 8 bridgehead atoms. The van der Waals surface area contributed by atoms with Crippen molar-refractivity contribution < 1.29 is 58.6 Å². The molecule has 86 heavy (non-hydrogen) atoms. The van der Waals surface area contributed by atoms with Gasteiger partial charge < -0.3 is 39.4 Å². The van der Waals surface area contributed by atoms with E-state index in [2.05, 4.69) is 187 Å². The zero-order valence-corrected chi connectivity index (χ0v) is 57.2. The van der Waals surface area contributed by atoms with Gasteiger partial charge in [0, 0.05) is 25.7 Å². The molecule has 12 nitrogen and oxygen atoms in total. The first-order valence-corrected chi connectivity index (χ1v) is 30.9. The highest BCUT2D eigenvalue weighted by Crippen LogP contribution is 2.49. The van der Waals surface area contributed by atoms with Crippen LogP contribution in [0.3, 0.4) is 0 Å². The van der Waals surface area contributed by atoms with Crippen molar-refractivity contribution in [2.75, 3.05) is 26.4 Å². The van der Waals surface area contributed by atoms with E-state index in [-0.39, 0.29) is 60.6 Å². The summed E-state index contributed by atoms with van der Waals surface area (Å²) in [5.41, 5.74) is 4.85. The Morgan fingerprint density at radius 3 is 0.640 bits per heavy atom. The van der Waals surface area contributed by atoms with Crippen LogP contribution in [0, 0.1) is 32.5 Å². The number of carboxylic acid groups (broad SMARTS) is 4. The molecule has 5 rings (SSSR count).